The first-order chi connectivity index (χ1) is 13.2. The van der Waals surface area contributed by atoms with E-state index in [1.165, 1.54) is 40.3 Å². The molecule has 0 N–H and O–H groups in total. The number of fused-ring (bicyclic) bond motifs is 1. The van der Waals surface area contributed by atoms with Crippen LogP contribution in [0.25, 0.3) is 21.9 Å². The maximum Gasteiger partial charge on any atom is 0.250 e. The molecule has 0 fully saturated rings. The Bertz CT molecular complexity index is 936. The molecule has 0 saturated carbocycles. The van der Waals surface area contributed by atoms with Gasteiger partial charge in [0, 0.05) is 5.39 Å². The molecule has 0 radical (unpaired) electrons. The van der Waals surface area contributed by atoms with Crippen molar-refractivity contribution in [2.24, 2.45) is 0 Å². The third-order valence-corrected chi connectivity index (χ3v) is 10.5. The van der Waals surface area contributed by atoms with Crippen molar-refractivity contribution in [3.8, 4) is 16.9 Å². The molecule has 2 heteroatoms. The smallest absolute Gasteiger partial charge is 0.250 e. The molecule has 0 spiro atoms. The summed E-state index contributed by atoms with van der Waals surface area (Å²) in [6.07, 6.45) is 3.54. The normalized spacial score (nSPS) is 12.4. The molecule has 3 aromatic rings. The SMILES string of the molecule is CCCCc1ccc(O[Si](C)(C)C(C)(C)C)c2c(-c3ccccc3)cccc12. The van der Waals surface area contributed by atoms with Gasteiger partial charge in [-0.05, 0) is 59.1 Å². The van der Waals surface area contributed by atoms with Crippen molar-refractivity contribution in [2.75, 3.05) is 0 Å². The van der Waals surface area contributed by atoms with E-state index in [1.807, 2.05) is 0 Å². The number of unbranched alkanes of at least 4 members (excludes halogenated alkanes) is 1. The molecule has 0 aliphatic heterocycles. The highest BCUT2D eigenvalue weighted by molar-refractivity contribution is 6.74. The Morgan fingerprint density at radius 3 is 2.21 bits per heavy atom. The first kappa shape index (κ1) is 20.7. The molecule has 1 nitrogen and oxygen atoms in total. The Labute approximate surface area is 171 Å². The first-order valence-electron chi connectivity index (χ1n) is 10.5. The minimum absolute atomic E-state index is 0.169. The van der Waals surface area contributed by atoms with Crippen LogP contribution in [0.3, 0.4) is 0 Å². The van der Waals surface area contributed by atoms with Crippen LogP contribution in [-0.2, 0) is 6.42 Å². The maximum absolute atomic E-state index is 6.84. The Hall–Kier alpha value is -2.06. The summed E-state index contributed by atoms with van der Waals surface area (Å²) in [4.78, 5) is 0. The molecule has 0 bridgehead atoms. The second-order valence-electron chi connectivity index (χ2n) is 9.28. The van der Waals surface area contributed by atoms with E-state index in [0.29, 0.717) is 0 Å². The first-order valence-corrected chi connectivity index (χ1v) is 13.4. The Balaban J connectivity index is 2.23. The number of benzene rings is 3. The monoisotopic (exact) mass is 390 g/mol. The van der Waals surface area contributed by atoms with Crippen LogP contribution < -0.4 is 4.43 Å². The number of aryl methyl sites for hydroxylation is 1. The van der Waals surface area contributed by atoms with E-state index in [9.17, 15) is 0 Å². The van der Waals surface area contributed by atoms with Crippen molar-refractivity contribution in [2.45, 2.75) is 65.1 Å². The highest BCUT2D eigenvalue weighted by atomic mass is 28.4. The van der Waals surface area contributed by atoms with Gasteiger partial charge in [0.05, 0.1) is 0 Å². The molecule has 0 aliphatic carbocycles. The standard InChI is InChI=1S/C26H34OSi/c1-7-8-13-21-18-19-24(27-28(5,6)26(2,3)4)25-22(16-12-17-23(21)25)20-14-10-9-11-15-20/h9-12,14-19H,7-8,13H2,1-6H3. The van der Waals surface area contributed by atoms with Gasteiger partial charge in [-0.1, -0.05) is 88.7 Å². The lowest BCUT2D eigenvalue weighted by Crippen LogP contribution is -2.43. The van der Waals surface area contributed by atoms with Crippen molar-refractivity contribution in [1.29, 1.82) is 0 Å². The second-order valence-corrected chi connectivity index (χ2v) is 14.0. The fraction of sp³-hybridized carbons (Fsp3) is 0.385. The summed E-state index contributed by atoms with van der Waals surface area (Å²) in [6, 6.07) is 21.9. The Morgan fingerprint density at radius 2 is 1.57 bits per heavy atom. The Kier molecular flexibility index (Phi) is 6.00. The van der Waals surface area contributed by atoms with E-state index in [1.54, 1.807) is 0 Å². The molecule has 0 aromatic heterocycles. The van der Waals surface area contributed by atoms with Crippen LogP contribution in [0, 0.1) is 0 Å². The average molecular weight is 391 g/mol. The molecular formula is C26H34OSi. The summed E-state index contributed by atoms with van der Waals surface area (Å²) < 4.78 is 6.84. The lowest BCUT2D eigenvalue weighted by atomic mass is 9.93. The zero-order valence-corrected chi connectivity index (χ0v) is 19.3. The molecule has 0 unspecified atom stereocenters. The largest absolute Gasteiger partial charge is 0.543 e. The fourth-order valence-electron chi connectivity index (χ4n) is 3.39. The minimum Gasteiger partial charge on any atom is -0.543 e. The van der Waals surface area contributed by atoms with Crippen LogP contribution in [0.1, 0.15) is 46.1 Å². The van der Waals surface area contributed by atoms with Gasteiger partial charge in [-0.25, -0.2) is 0 Å². The van der Waals surface area contributed by atoms with E-state index >= 15 is 0 Å². The van der Waals surface area contributed by atoms with Gasteiger partial charge in [0.15, 0.2) is 0 Å². The molecular weight excluding hydrogens is 356 g/mol. The lowest BCUT2D eigenvalue weighted by molar-refractivity contribution is 0.496. The Morgan fingerprint density at radius 1 is 0.857 bits per heavy atom. The molecule has 0 atom stereocenters. The van der Waals surface area contributed by atoms with Gasteiger partial charge >= 0.3 is 0 Å². The van der Waals surface area contributed by atoms with Gasteiger partial charge in [-0.15, -0.1) is 0 Å². The van der Waals surface area contributed by atoms with Crippen LogP contribution in [0.15, 0.2) is 60.7 Å². The molecule has 0 aliphatic rings. The lowest BCUT2D eigenvalue weighted by Gasteiger charge is -2.37. The van der Waals surface area contributed by atoms with Crippen molar-refractivity contribution >= 4 is 19.1 Å². The van der Waals surface area contributed by atoms with E-state index in [2.05, 4.69) is 101 Å². The molecule has 3 aromatic carbocycles. The third-order valence-electron chi connectivity index (χ3n) is 6.15. The average Bonchev–Trinajstić information content (AvgIpc) is 2.66. The molecule has 0 amide bonds. The van der Waals surface area contributed by atoms with Crippen LogP contribution in [0.2, 0.25) is 18.1 Å². The highest BCUT2D eigenvalue weighted by Gasteiger charge is 2.39. The van der Waals surface area contributed by atoms with E-state index in [-0.39, 0.29) is 5.04 Å². The van der Waals surface area contributed by atoms with Gasteiger partial charge < -0.3 is 4.43 Å². The molecule has 0 heterocycles. The predicted molar refractivity (Wildman–Crippen MR) is 126 cm³/mol. The van der Waals surface area contributed by atoms with E-state index in [4.69, 9.17) is 4.43 Å². The topological polar surface area (TPSA) is 9.23 Å². The van der Waals surface area contributed by atoms with Gasteiger partial charge in [0.1, 0.15) is 5.75 Å². The summed E-state index contributed by atoms with van der Waals surface area (Å²) in [5, 5.41) is 2.78. The predicted octanol–water partition coefficient (Wildman–Crippen LogP) is 8.23. The quantitative estimate of drug-likeness (QED) is 0.385. The third kappa shape index (κ3) is 4.17. The summed E-state index contributed by atoms with van der Waals surface area (Å²) >= 11 is 0. The van der Waals surface area contributed by atoms with Crippen LogP contribution >= 0.6 is 0 Å². The van der Waals surface area contributed by atoms with Crippen molar-refractivity contribution in [3.63, 3.8) is 0 Å². The van der Waals surface area contributed by atoms with E-state index < -0.39 is 8.32 Å². The molecule has 3 rings (SSSR count). The van der Waals surface area contributed by atoms with Crippen molar-refractivity contribution in [3.05, 3.63) is 66.2 Å². The van der Waals surface area contributed by atoms with Gasteiger partial charge in [-0.3, -0.25) is 0 Å². The van der Waals surface area contributed by atoms with Gasteiger partial charge in [-0.2, -0.15) is 0 Å². The highest BCUT2D eigenvalue weighted by Crippen LogP contribution is 2.42. The molecule has 28 heavy (non-hydrogen) atoms. The number of hydrogen-bond acceptors (Lipinski definition) is 1. The molecule has 0 saturated heterocycles. The summed E-state index contributed by atoms with van der Waals surface area (Å²) in [5.41, 5.74) is 3.95. The van der Waals surface area contributed by atoms with Gasteiger partial charge in [0.2, 0.25) is 0 Å². The summed E-state index contributed by atoms with van der Waals surface area (Å²) in [7, 11) is -1.93. The van der Waals surface area contributed by atoms with E-state index in [0.717, 1.165) is 12.2 Å². The van der Waals surface area contributed by atoms with Gasteiger partial charge in [0.25, 0.3) is 8.32 Å². The zero-order chi connectivity index (χ0) is 20.4. The fourth-order valence-corrected chi connectivity index (χ4v) is 4.42. The summed E-state index contributed by atoms with van der Waals surface area (Å²) in [6.45, 7) is 13.8. The van der Waals surface area contributed by atoms with Crippen LogP contribution in [0.4, 0.5) is 0 Å². The van der Waals surface area contributed by atoms with Crippen molar-refractivity contribution in [1.82, 2.24) is 0 Å². The zero-order valence-electron chi connectivity index (χ0n) is 18.3. The maximum atomic E-state index is 6.84. The molecule has 148 valence electrons. The number of rotatable bonds is 6. The van der Waals surface area contributed by atoms with Crippen molar-refractivity contribution < 1.29 is 4.43 Å². The van der Waals surface area contributed by atoms with Crippen LogP contribution in [0.5, 0.6) is 5.75 Å². The summed E-state index contributed by atoms with van der Waals surface area (Å²) in [5.74, 6) is 1.04. The number of hydrogen-bond donors (Lipinski definition) is 0. The second kappa shape index (κ2) is 8.12. The minimum atomic E-state index is -1.93. The van der Waals surface area contributed by atoms with Crippen LogP contribution in [-0.4, -0.2) is 8.32 Å².